The van der Waals surface area contributed by atoms with E-state index in [1.165, 1.54) is 6.92 Å². The van der Waals surface area contributed by atoms with E-state index in [9.17, 15) is 9.59 Å². The number of methoxy groups -OCH3 is 1. The highest BCUT2D eigenvalue weighted by Gasteiger charge is 2.19. The largest absolute Gasteiger partial charge is 0.493 e. The SMILES string of the molecule is COc1cccc2cc([C@H](C)NC(=O)[C@H](C)NC(C)=O)oc12. The Hall–Kier alpha value is -2.50. The number of para-hydroxylation sites is 1. The van der Waals surface area contributed by atoms with Crippen LogP contribution in [0.3, 0.4) is 0 Å². The summed E-state index contributed by atoms with van der Waals surface area (Å²) in [7, 11) is 1.58. The summed E-state index contributed by atoms with van der Waals surface area (Å²) in [6.45, 7) is 4.83. The smallest absolute Gasteiger partial charge is 0.242 e. The molecule has 22 heavy (non-hydrogen) atoms. The van der Waals surface area contributed by atoms with Crippen molar-refractivity contribution in [3.63, 3.8) is 0 Å². The van der Waals surface area contributed by atoms with Crippen LogP contribution in [0.5, 0.6) is 5.75 Å². The van der Waals surface area contributed by atoms with Crippen molar-refractivity contribution in [2.75, 3.05) is 7.11 Å². The van der Waals surface area contributed by atoms with Gasteiger partial charge < -0.3 is 19.8 Å². The van der Waals surface area contributed by atoms with Gasteiger partial charge >= 0.3 is 0 Å². The molecule has 0 unspecified atom stereocenters. The summed E-state index contributed by atoms with van der Waals surface area (Å²) in [6.07, 6.45) is 0. The zero-order valence-electron chi connectivity index (χ0n) is 13.1. The van der Waals surface area contributed by atoms with Crippen molar-refractivity contribution in [3.05, 3.63) is 30.0 Å². The highest BCUT2D eigenvalue weighted by atomic mass is 16.5. The lowest BCUT2D eigenvalue weighted by molar-refractivity contribution is -0.128. The van der Waals surface area contributed by atoms with E-state index in [4.69, 9.17) is 9.15 Å². The van der Waals surface area contributed by atoms with Gasteiger partial charge in [0.1, 0.15) is 11.8 Å². The van der Waals surface area contributed by atoms with E-state index in [1.54, 1.807) is 14.0 Å². The quantitative estimate of drug-likeness (QED) is 0.887. The van der Waals surface area contributed by atoms with E-state index in [1.807, 2.05) is 31.2 Å². The second-order valence-electron chi connectivity index (χ2n) is 5.18. The van der Waals surface area contributed by atoms with Gasteiger partial charge in [-0.3, -0.25) is 9.59 Å². The van der Waals surface area contributed by atoms with E-state index >= 15 is 0 Å². The molecule has 2 rings (SSSR count). The molecule has 0 fully saturated rings. The number of nitrogens with one attached hydrogen (secondary N) is 2. The molecule has 0 aliphatic heterocycles. The van der Waals surface area contributed by atoms with Crippen LogP contribution >= 0.6 is 0 Å². The summed E-state index contributed by atoms with van der Waals surface area (Å²) in [5.74, 6) is 0.760. The summed E-state index contributed by atoms with van der Waals surface area (Å²) >= 11 is 0. The van der Waals surface area contributed by atoms with Crippen molar-refractivity contribution in [2.45, 2.75) is 32.9 Å². The van der Waals surface area contributed by atoms with Crippen molar-refractivity contribution in [1.82, 2.24) is 10.6 Å². The van der Waals surface area contributed by atoms with Crippen LogP contribution in [-0.4, -0.2) is 25.0 Å². The van der Waals surface area contributed by atoms with Gasteiger partial charge in [0.2, 0.25) is 11.8 Å². The lowest BCUT2D eigenvalue weighted by Gasteiger charge is -2.16. The number of rotatable bonds is 5. The van der Waals surface area contributed by atoms with Crippen molar-refractivity contribution in [2.24, 2.45) is 0 Å². The number of hydrogen-bond acceptors (Lipinski definition) is 4. The lowest BCUT2D eigenvalue weighted by atomic mass is 10.2. The number of hydrogen-bond donors (Lipinski definition) is 2. The summed E-state index contributed by atoms with van der Waals surface area (Å²) in [6, 6.07) is 6.56. The first kappa shape index (κ1) is 15.9. The maximum Gasteiger partial charge on any atom is 0.242 e. The molecule has 1 heterocycles. The van der Waals surface area contributed by atoms with Crippen LogP contribution in [0.15, 0.2) is 28.7 Å². The molecule has 2 amide bonds. The van der Waals surface area contributed by atoms with E-state index in [0.717, 1.165) is 5.39 Å². The fourth-order valence-electron chi connectivity index (χ4n) is 2.21. The van der Waals surface area contributed by atoms with Crippen molar-refractivity contribution in [3.8, 4) is 5.75 Å². The number of carbonyl (C=O) groups excluding carboxylic acids is 2. The number of fused-ring (bicyclic) bond motifs is 1. The Balaban J connectivity index is 2.14. The topological polar surface area (TPSA) is 80.6 Å². The normalized spacial score (nSPS) is 13.5. The molecular weight excluding hydrogens is 284 g/mol. The van der Waals surface area contributed by atoms with Gasteiger partial charge in [0.15, 0.2) is 11.3 Å². The van der Waals surface area contributed by atoms with Gasteiger partial charge in [-0.25, -0.2) is 0 Å². The third kappa shape index (κ3) is 3.39. The minimum absolute atomic E-state index is 0.247. The average Bonchev–Trinajstić information content (AvgIpc) is 2.90. The van der Waals surface area contributed by atoms with Crippen LogP contribution in [0.4, 0.5) is 0 Å². The average molecular weight is 304 g/mol. The van der Waals surface area contributed by atoms with Crippen LogP contribution in [0, 0.1) is 0 Å². The monoisotopic (exact) mass is 304 g/mol. The Kier molecular flexibility index (Phi) is 4.70. The molecular formula is C16H20N2O4. The summed E-state index contributed by atoms with van der Waals surface area (Å²) < 4.78 is 11.0. The third-order valence-corrected chi connectivity index (χ3v) is 3.35. The molecule has 118 valence electrons. The van der Waals surface area contributed by atoms with Crippen LogP contribution in [-0.2, 0) is 9.59 Å². The van der Waals surface area contributed by atoms with Crippen molar-refractivity contribution in [1.29, 1.82) is 0 Å². The molecule has 0 saturated carbocycles. The second kappa shape index (κ2) is 6.51. The molecule has 2 aromatic rings. The molecule has 1 aromatic carbocycles. The zero-order valence-corrected chi connectivity index (χ0v) is 13.1. The van der Waals surface area contributed by atoms with Crippen LogP contribution in [0.1, 0.15) is 32.6 Å². The summed E-state index contributed by atoms with van der Waals surface area (Å²) in [5, 5.41) is 6.26. The molecule has 0 aliphatic carbocycles. The number of carbonyl (C=O) groups is 2. The van der Waals surface area contributed by atoms with Gasteiger partial charge in [-0.05, 0) is 26.0 Å². The first-order valence-corrected chi connectivity index (χ1v) is 7.06. The van der Waals surface area contributed by atoms with E-state index < -0.39 is 6.04 Å². The predicted octanol–water partition coefficient (Wildman–Crippen LogP) is 2.14. The molecule has 0 saturated heterocycles. The highest BCUT2D eigenvalue weighted by molar-refractivity contribution is 5.87. The lowest BCUT2D eigenvalue weighted by Crippen LogP contribution is -2.44. The van der Waals surface area contributed by atoms with E-state index in [0.29, 0.717) is 17.1 Å². The Morgan fingerprint density at radius 2 is 1.95 bits per heavy atom. The van der Waals surface area contributed by atoms with Gasteiger partial charge in [0.25, 0.3) is 0 Å². The Morgan fingerprint density at radius 1 is 1.23 bits per heavy atom. The molecule has 6 heteroatoms. The minimum atomic E-state index is -0.598. The van der Waals surface area contributed by atoms with E-state index in [-0.39, 0.29) is 17.9 Å². The minimum Gasteiger partial charge on any atom is -0.493 e. The molecule has 1 aromatic heterocycles. The van der Waals surface area contributed by atoms with Gasteiger partial charge in [-0.2, -0.15) is 0 Å². The van der Waals surface area contributed by atoms with Crippen molar-refractivity contribution >= 4 is 22.8 Å². The zero-order chi connectivity index (χ0) is 16.3. The van der Waals surface area contributed by atoms with Crippen LogP contribution < -0.4 is 15.4 Å². The summed E-state index contributed by atoms with van der Waals surface area (Å²) in [5.41, 5.74) is 0.649. The highest BCUT2D eigenvalue weighted by Crippen LogP contribution is 2.30. The third-order valence-electron chi connectivity index (χ3n) is 3.35. The summed E-state index contributed by atoms with van der Waals surface area (Å²) in [4.78, 5) is 23.0. The number of furan rings is 1. The number of ether oxygens (including phenoxy) is 1. The molecule has 0 bridgehead atoms. The van der Waals surface area contributed by atoms with Crippen LogP contribution in [0.2, 0.25) is 0 Å². The molecule has 2 atom stereocenters. The Morgan fingerprint density at radius 3 is 2.59 bits per heavy atom. The van der Waals surface area contributed by atoms with Crippen LogP contribution in [0.25, 0.3) is 11.0 Å². The molecule has 6 nitrogen and oxygen atoms in total. The molecule has 0 spiro atoms. The first-order valence-electron chi connectivity index (χ1n) is 7.06. The fourth-order valence-corrected chi connectivity index (χ4v) is 2.21. The first-order chi connectivity index (χ1) is 10.4. The van der Waals surface area contributed by atoms with Crippen molar-refractivity contribution < 1.29 is 18.7 Å². The number of amides is 2. The Bertz CT molecular complexity index is 693. The number of benzene rings is 1. The molecule has 2 N–H and O–H groups in total. The van der Waals surface area contributed by atoms with Gasteiger partial charge in [0, 0.05) is 12.3 Å². The molecule has 0 aliphatic rings. The van der Waals surface area contributed by atoms with Gasteiger partial charge in [0.05, 0.1) is 13.2 Å². The maximum atomic E-state index is 12.0. The predicted molar refractivity (Wildman–Crippen MR) is 82.6 cm³/mol. The Labute approximate surface area is 128 Å². The second-order valence-corrected chi connectivity index (χ2v) is 5.18. The van der Waals surface area contributed by atoms with E-state index in [2.05, 4.69) is 10.6 Å². The molecule has 0 radical (unpaired) electrons. The fraction of sp³-hybridized carbons (Fsp3) is 0.375. The standard InChI is InChI=1S/C16H20N2O4/c1-9(18-16(20)10(2)17-11(3)19)14-8-12-6-5-7-13(21-4)15(12)22-14/h5-10H,1-4H3,(H,17,19)(H,18,20)/t9-,10-/m0/s1. The maximum absolute atomic E-state index is 12.0. The van der Waals surface area contributed by atoms with Gasteiger partial charge in [-0.1, -0.05) is 12.1 Å². The van der Waals surface area contributed by atoms with Gasteiger partial charge in [-0.15, -0.1) is 0 Å².